The molecule has 2 aromatic rings. The number of anilines is 2. The van der Waals surface area contributed by atoms with Gasteiger partial charge in [0.25, 0.3) is 0 Å². The maximum Gasteiger partial charge on any atom is 0.243 e. The highest BCUT2D eigenvalue weighted by molar-refractivity contribution is 5.95. The van der Waals surface area contributed by atoms with Crippen molar-refractivity contribution in [1.29, 1.82) is 0 Å². The number of methoxy groups -OCH3 is 1. The zero-order chi connectivity index (χ0) is 18.1. The minimum atomic E-state index is -0.0318. The summed E-state index contributed by atoms with van der Waals surface area (Å²) in [7, 11) is 3.56. The third-order valence-corrected chi connectivity index (χ3v) is 4.98. The van der Waals surface area contributed by atoms with Crippen LogP contribution >= 0.6 is 0 Å². The molecule has 1 aliphatic heterocycles. The molecule has 134 valence electrons. The lowest BCUT2D eigenvalue weighted by Crippen LogP contribution is -2.37. The van der Waals surface area contributed by atoms with Crippen molar-refractivity contribution >= 4 is 17.3 Å². The smallest absolute Gasteiger partial charge is 0.243 e. The first-order valence-electron chi connectivity index (χ1n) is 8.63. The van der Waals surface area contributed by atoms with Crippen molar-refractivity contribution in [2.45, 2.75) is 33.6 Å². The van der Waals surface area contributed by atoms with Gasteiger partial charge in [0.15, 0.2) is 0 Å². The second kappa shape index (κ2) is 6.78. The van der Waals surface area contributed by atoms with Crippen LogP contribution in [0, 0.1) is 20.8 Å². The van der Waals surface area contributed by atoms with Gasteiger partial charge in [-0.3, -0.25) is 9.48 Å². The Morgan fingerprint density at radius 1 is 1.32 bits per heavy atom. The van der Waals surface area contributed by atoms with Crippen molar-refractivity contribution in [3.8, 4) is 5.75 Å². The Kier molecular flexibility index (Phi) is 4.70. The van der Waals surface area contributed by atoms with Crippen molar-refractivity contribution in [2.24, 2.45) is 7.05 Å². The number of fused-ring (bicyclic) bond motifs is 1. The second-order valence-electron chi connectivity index (χ2n) is 6.65. The summed E-state index contributed by atoms with van der Waals surface area (Å²) >= 11 is 0. The van der Waals surface area contributed by atoms with Crippen LogP contribution in [0.3, 0.4) is 0 Å². The van der Waals surface area contributed by atoms with Crippen LogP contribution in [-0.2, 0) is 18.3 Å². The van der Waals surface area contributed by atoms with Crippen molar-refractivity contribution in [2.75, 3.05) is 30.4 Å². The molecule has 6 heteroatoms. The molecule has 0 unspecified atom stereocenters. The van der Waals surface area contributed by atoms with Gasteiger partial charge < -0.3 is 15.0 Å². The largest absolute Gasteiger partial charge is 0.495 e. The van der Waals surface area contributed by atoms with Gasteiger partial charge >= 0.3 is 0 Å². The normalized spacial score (nSPS) is 13.6. The molecule has 0 saturated carbocycles. The van der Waals surface area contributed by atoms with E-state index in [1.54, 1.807) is 11.8 Å². The van der Waals surface area contributed by atoms with Gasteiger partial charge in [0.1, 0.15) is 5.75 Å². The van der Waals surface area contributed by atoms with E-state index >= 15 is 0 Å². The summed E-state index contributed by atoms with van der Waals surface area (Å²) in [4.78, 5) is 14.8. The zero-order valence-corrected chi connectivity index (χ0v) is 15.6. The molecule has 0 spiro atoms. The highest BCUT2D eigenvalue weighted by Gasteiger charge is 2.25. The number of nitrogens with zero attached hydrogens (tertiary/aromatic N) is 3. The predicted molar refractivity (Wildman–Crippen MR) is 99.6 cm³/mol. The Bertz CT molecular complexity index is 810. The Balaban J connectivity index is 1.83. The molecule has 1 aromatic heterocycles. The van der Waals surface area contributed by atoms with E-state index in [4.69, 9.17) is 4.74 Å². The molecule has 0 atom stereocenters. The van der Waals surface area contributed by atoms with Crippen molar-refractivity contribution < 1.29 is 9.53 Å². The average Bonchev–Trinajstić information content (AvgIpc) is 2.82. The van der Waals surface area contributed by atoms with Crippen LogP contribution in [0.25, 0.3) is 0 Å². The molecule has 0 aliphatic carbocycles. The first-order chi connectivity index (χ1) is 11.9. The first-order valence-corrected chi connectivity index (χ1v) is 8.63. The van der Waals surface area contributed by atoms with E-state index in [0.717, 1.165) is 47.9 Å². The zero-order valence-electron chi connectivity index (χ0n) is 15.6. The Labute approximate surface area is 148 Å². The topological polar surface area (TPSA) is 59.4 Å². The van der Waals surface area contributed by atoms with Crippen LogP contribution in [0.15, 0.2) is 12.1 Å². The number of amides is 1. The van der Waals surface area contributed by atoms with Gasteiger partial charge in [0.2, 0.25) is 5.91 Å². The number of rotatable bonds is 4. The average molecular weight is 342 g/mol. The van der Waals surface area contributed by atoms with E-state index in [0.29, 0.717) is 6.54 Å². The molecule has 0 saturated heterocycles. The molecule has 25 heavy (non-hydrogen) atoms. The number of aryl methyl sites for hydroxylation is 3. The van der Waals surface area contributed by atoms with Crippen LogP contribution < -0.4 is 15.0 Å². The molecule has 0 radical (unpaired) electrons. The number of nitrogens with one attached hydrogen (secondary N) is 1. The van der Waals surface area contributed by atoms with Gasteiger partial charge in [-0.25, -0.2) is 0 Å². The molecule has 0 fully saturated rings. The minimum Gasteiger partial charge on any atom is -0.495 e. The summed E-state index contributed by atoms with van der Waals surface area (Å²) in [6.07, 6.45) is 2.07. The lowest BCUT2D eigenvalue weighted by Gasteiger charge is -2.33. The lowest BCUT2D eigenvalue weighted by molar-refractivity contribution is -0.115. The molecule has 1 aliphatic rings. The summed E-state index contributed by atoms with van der Waals surface area (Å²) in [5.74, 6) is 0.803. The summed E-state index contributed by atoms with van der Waals surface area (Å²) in [6, 6.07) is 4.07. The maximum absolute atomic E-state index is 12.7. The lowest BCUT2D eigenvalue weighted by atomic mass is 9.96. The summed E-state index contributed by atoms with van der Waals surface area (Å²) < 4.78 is 7.34. The predicted octanol–water partition coefficient (Wildman–Crippen LogP) is 2.75. The number of benzene rings is 1. The van der Waals surface area contributed by atoms with Gasteiger partial charge in [-0.15, -0.1) is 0 Å². The Hall–Kier alpha value is -2.50. The number of hydrogen-bond donors (Lipinski definition) is 1. The number of carbonyl (C=O) groups excluding carboxylic acids is 1. The maximum atomic E-state index is 12.7. The standard InChI is InChI=1S/C19H26N4O2/c1-12-8-9-16(25-5)19-15(12)7-6-10-23(19)11-17(24)20-18-13(2)21-22(4)14(18)3/h8-9H,6-7,10-11H2,1-5H3,(H,20,24). The summed E-state index contributed by atoms with van der Waals surface area (Å²) in [5.41, 5.74) is 6.19. The van der Waals surface area contributed by atoms with E-state index in [-0.39, 0.29) is 5.91 Å². The van der Waals surface area contributed by atoms with Gasteiger partial charge in [-0.05, 0) is 50.8 Å². The first kappa shape index (κ1) is 17.3. The molecule has 1 amide bonds. The summed E-state index contributed by atoms with van der Waals surface area (Å²) in [6.45, 7) is 7.14. The molecular formula is C19H26N4O2. The van der Waals surface area contributed by atoms with E-state index in [1.165, 1.54) is 11.1 Å². The van der Waals surface area contributed by atoms with Crippen LogP contribution in [0.4, 0.5) is 11.4 Å². The molecular weight excluding hydrogens is 316 g/mol. The van der Waals surface area contributed by atoms with E-state index < -0.39 is 0 Å². The van der Waals surface area contributed by atoms with Crippen LogP contribution in [0.1, 0.15) is 28.9 Å². The molecule has 0 bridgehead atoms. The highest BCUT2D eigenvalue weighted by atomic mass is 16.5. The van der Waals surface area contributed by atoms with Crippen LogP contribution in [0.2, 0.25) is 0 Å². The van der Waals surface area contributed by atoms with Crippen molar-refractivity contribution in [3.63, 3.8) is 0 Å². The van der Waals surface area contributed by atoms with Crippen LogP contribution in [0.5, 0.6) is 5.75 Å². The van der Waals surface area contributed by atoms with E-state index in [1.807, 2.05) is 27.0 Å². The summed E-state index contributed by atoms with van der Waals surface area (Å²) in [5, 5.41) is 7.38. The van der Waals surface area contributed by atoms with Crippen molar-refractivity contribution in [3.05, 3.63) is 34.6 Å². The molecule has 3 rings (SSSR count). The Morgan fingerprint density at radius 2 is 2.08 bits per heavy atom. The van der Waals surface area contributed by atoms with Gasteiger partial charge in [-0.1, -0.05) is 6.07 Å². The fourth-order valence-electron chi connectivity index (χ4n) is 3.57. The SMILES string of the molecule is COc1ccc(C)c2c1N(CC(=O)Nc1c(C)nn(C)c1C)CCC2. The van der Waals surface area contributed by atoms with Crippen molar-refractivity contribution in [1.82, 2.24) is 9.78 Å². The molecule has 2 heterocycles. The van der Waals surface area contributed by atoms with E-state index in [9.17, 15) is 4.79 Å². The fourth-order valence-corrected chi connectivity index (χ4v) is 3.57. The molecule has 1 aromatic carbocycles. The fraction of sp³-hybridized carbons (Fsp3) is 0.474. The number of hydrogen-bond acceptors (Lipinski definition) is 4. The quantitative estimate of drug-likeness (QED) is 0.928. The molecule has 6 nitrogen and oxygen atoms in total. The monoisotopic (exact) mass is 342 g/mol. The second-order valence-corrected chi connectivity index (χ2v) is 6.65. The number of carbonyl (C=O) groups is 1. The van der Waals surface area contributed by atoms with Gasteiger partial charge in [-0.2, -0.15) is 5.10 Å². The van der Waals surface area contributed by atoms with E-state index in [2.05, 4.69) is 28.3 Å². The van der Waals surface area contributed by atoms with Gasteiger partial charge in [0, 0.05) is 13.6 Å². The third-order valence-electron chi connectivity index (χ3n) is 4.98. The minimum absolute atomic E-state index is 0.0318. The number of aromatic nitrogens is 2. The third kappa shape index (κ3) is 3.21. The van der Waals surface area contributed by atoms with Gasteiger partial charge in [0.05, 0.1) is 36.4 Å². The Morgan fingerprint density at radius 3 is 2.72 bits per heavy atom. The number of ether oxygens (including phenoxy) is 1. The molecule has 1 N–H and O–H groups in total. The van der Waals surface area contributed by atoms with Crippen LogP contribution in [-0.4, -0.2) is 35.9 Å². The highest BCUT2D eigenvalue weighted by Crippen LogP contribution is 2.38.